The second kappa shape index (κ2) is 4.79. The quantitative estimate of drug-likeness (QED) is 0.591. The molecule has 0 unspecified atom stereocenters. The molecule has 1 aromatic carbocycles. The molecule has 15 heavy (non-hydrogen) atoms. The largest absolute Gasteiger partial charge is 0.378 e. The van der Waals surface area contributed by atoms with Crippen LogP contribution in [0.2, 0.25) is 0 Å². The van der Waals surface area contributed by atoms with Gasteiger partial charge in [-0.15, -0.1) is 0 Å². The number of carbonyl (C=O) groups excluding carboxylic acids is 1. The molecule has 4 heteroatoms. The molecule has 0 aromatic heterocycles. The Hall–Kier alpha value is -1.55. The minimum Gasteiger partial charge on any atom is -0.378 e. The van der Waals surface area contributed by atoms with Gasteiger partial charge < -0.3 is 9.91 Å². The third-order valence-corrected chi connectivity index (χ3v) is 2.09. The van der Waals surface area contributed by atoms with E-state index in [0.29, 0.717) is 0 Å². The summed E-state index contributed by atoms with van der Waals surface area (Å²) in [5.74, 6) is 5.77. The van der Waals surface area contributed by atoms with Crippen LogP contribution in [0.25, 0.3) is 0 Å². The Morgan fingerprint density at radius 1 is 1.20 bits per heavy atom. The molecule has 1 rings (SSSR count). The van der Waals surface area contributed by atoms with Crippen molar-refractivity contribution in [1.82, 2.24) is 0 Å². The molecule has 4 nitrogen and oxygen atoms in total. The molecule has 0 aliphatic heterocycles. The molecule has 0 aliphatic rings. The van der Waals surface area contributed by atoms with Crippen LogP contribution in [0.1, 0.15) is 6.92 Å². The Morgan fingerprint density at radius 3 is 2.07 bits per heavy atom. The molecule has 0 saturated carbocycles. The Morgan fingerprint density at radius 2 is 1.67 bits per heavy atom. The molecule has 0 aliphatic carbocycles. The van der Waals surface area contributed by atoms with Crippen molar-refractivity contribution in [1.29, 1.82) is 0 Å². The van der Waals surface area contributed by atoms with Gasteiger partial charge in [0.2, 0.25) is 0 Å². The van der Waals surface area contributed by atoms with Crippen molar-refractivity contribution in [2.24, 2.45) is 5.84 Å². The summed E-state index contributed by atoms with van der Waals surface area (Å²) in [6.45, 7) is 1.76. The fraction of sp³-hybridized carbons (Fsp3) is 0.364. The summed E-state index contributed by atoms with van der Waals surface area (Å²) in [5, 5.41) is 1.45. The molecule has 0 saturated heterocycles. The van der Waals surface area contributed by atoms with E-state index in [1.807, 2.05) is 43.3 Å². The van der Waals surface area contributed by atoms with E-state index in [1.54, 1.807) is 0 Å². The first kappa shape index (κ1) is 11.5. The molecule has 0 fully saturated rings. The lowest BCUT2D eigenvalue weighted by Crippen LogP contribution is -2.35. The topological polar surface area (TPSA) is 49.6 Å². The summed E-state index contributed by atoms with van der Waals surface area (Å²) in [7, 11) is 3.95. The van der Waals surface area contributed by atoms with Crippen molar-refractivity contribution in [2.45, 2.75) is 6.92 Å². The fourth-order valence-electron chi connectivity index (χ4n) is 1.27. The van der Waals surface area contributed by atoms with Crippen LogP contribution in [-0.2, 0) is 4.79 Å². The van der Waals surface area contributed by atoms with Gasteiger partial charge >= 0.3 is 0 Å². The second-order valence-electron chi connectivity index (χ2n) is 3.74. The number of Topliss-reactive ketones (excluding diaryl/α,β-unsaturated/α-hetero) is 1. The van der Waals surface area contributed by atoms with Gasteiger partial charge in [-0.3, -0.25) is 4.79 Å². The fourth-order valence-corrected chi connectivity index (χ4v) is 1.27. The molecular formula is C11H17N3O. The molecule has 2 N–H and O–H groups in total. The normalized spacial score (nSPS) is 9.87. The van der Waals surface area contributed by atoms with Gasteiger partial charge in [0.05, 0.1) is 12.2 Å². The molecule has 0 spiro atoms. The Kier molecular flexibility index (Phi) is 3.68. The first-order valence-electron chi connectivity index (χ1n) is 4.80. The zero-order valence-electron chi connectivity index (χ0n) is 9.40. The number of nitrogens with zero attached hydrogens (tertiary/aromatic N) is 2. The van der Waals surface area contributed by atoms with Crippen molar-refractivity contribution in [3.05, 3.63) is 24.3 Å². The monoisotopic (exact) mass is 207 g/mol. The highest BCUT2D eigenvalue weighted by Gasteiger charge is 2.04. The number of hydrazine groups is 1. The first-order chi connectivity index (χ1) is 7.00. The SMILES string of the molecule is CC(=O)CN(N)c1ccc(N(C)C)cc1. The first-order valence-corrected chi connectivity index (χ1v) is 4.80. The van der Waals surface area contributed by atoms with E-state index in [9.17, 15) is 4.79 Å². The average molecular weight is 207 g/mol. The van der Waals surface area contributed by atoms with E-state index in [-0.39, 0.29) is 12.3 Å². The molecule has 1 aromatic rings. The predicted molar refractivity (Wildman–Crippen MR) is 63.0 cm³/mol. The van der Waals surface area contributed by atoms with Crippen LogP contribution in [0.3, 0.4) is 0 Å². The highest BCUT2D eigenvalue weighted by Crippen LogP contribution is 2.17. The smallest absolute Gasteiger partial charge is 0.150 e. The summed E-state index contributed by atoms with van der Waals surface area (Å²) in [6, 6.07) is 7.74. The van der Waals surface area contributed by atoms with Gasteiger partial charge in [0.15, 0.2) is 5.78 Å². The lowest BCUT2D eigenvalue weighted by Gasteiger charge is -2.18. The van der Waals surface area contributed by atoms with Crippen LogP contribution >= 0.6 is 0 Å². The van der Waals surface area contributed by atoms with Crippen LogP contribution in [0.15, 0.2) is 24.3 Å². The number of benzene rings is 1. The summed E-state index contributed by atoms with van der Waals surface area (Å²) >= 11 is 0. The number of carbonyl (C=O) groups is 1. The van der Waals surface area contributed by atoms with Crippen LogP contribution in [0.4, 0.5) is 11.4 Å². The lowest BCUT2D eigenvalue weighted by molar-refractivity contribution is -0.115. The maximum Gasteiger partial charge on any atom is 0.150 e. The predicted octanol–water partition coefficient (Wildman–Crippen LogP) is 1.02. The van der Waals surface area contributed by atoms with Gasteiger partial charge in [-0.05, 0) is 31.2 Å². The van der Waals surface area contributed by atoms with E-state index >= 15 is 0 Å². The number of ketones is 1. The summed E-state index contributed by atoms with van der Waals surface area (Å²) in [5.41, 5.74) is 1.95. The lowest BCUT2D eigenvalue weighted by atomic mass is 10.2. The number of anilines is 2. The van der Waals surface area contributed by atoms with Crippen molar-refractivity contribution < 1.29 is 4.79 Å². The Balaban J connectivity index is 2.75. The van der Waals surface area contributed by atoms with Gasteiger partial charge in [0.25, 0.3) is 0 Å². The summed E-state index contributed by atoms with van der Waals surface area (Å²) in [4.78, 5) is 12.9. The van der Waals surface area contributed by atoms with Gasteiger partial charge in [-0.1, -0.05) is 0 Å². The standard InChI is InChI=1S/C11H17N3O/c1-9(15)8-14(12)11-6-4-10(5-7-11)13(2)3/h4-7H,8,12H2,1-3H3. The van der Waals surface area contributed by atoms with Gasteiger partial charge in [-0.2, -0.15) is 0 Å². The molecule has 0 radical (unpaired) electrons. The van der Waals surface area contributed by atoms with E-state index in [2.05, 4.69) is 0 Å². The maximum absolute atomic E-state index is 10.9. The van der Waals surface area contributed by atoms with Crippen LogP contribution in [-0.4, -0.2) is 26.4 Å². The van der Waals surface area contributed by atoms with Crippen molar-refractivity contribution >= 4 is 17.2 Å². The van der Waals surface area contributed by atoms with Crippen LogP contribution in [0.5, 0.6) is 0 Å². The zero-order valence-corrected chi connectivity index (χ0v) is 9.40. The Labute approximate surface area is 90.2 Å². The van der Waals surface area contributed by atoms with E-state index in [4.69, 9.17) is 5.84 Å². The summed E-state index contributed by atoms with van der Waals surface area (Å²) < 4.78 is 0. The highest BCUT2D eigenvalue weighted by atomic mass is 16.1. The minimum atomic E-state index is 0.0502. The Bertz CT molecular complexity index is 332. The van der Waals surface area contributed by atoms with Gasteiger partial charge in [0.1, 0.15) is 0 Å². The molecule has 82 valence electrons. The molecule has 0 heterocycles. The number of hydrogen-bond acceptors (Lipinski definition) is 4. The molecule has 0 amide bonds. The minimum absolute atomic E-state index is 0.0502. The maximum atomic E-state index is 10.9. The van der Waals surface area contributed by atoms with Crippen molar-refractivity contribution in [3.8, 4) is 0 Å². The van der Waals surface area contributed by atoms with Gasteiger partial charge in [-0.25, -0.2) is 5.84 Å². The van der Waals surface area contributed by atoms with Crippen molar-refractivity contribution in [2.75, 3.05) is 30.5 Å². The summed E-state index contributed by atoms with van der Waals surface area (Å²) in [6.07, 6.45) is 0. The number of rotatable bonds is 4. The molecule has 0 atom stereocenters. The number of hydrogen-bond donors (Lipinski definition) is 1. The highest BCUT2D eigenvalue weighted by molar-refractivity contribution is 5.80. The third kappa shape index (κ3) is 3.25. The molecular weight excluding hydrogens is 190 g/mol. The van der Waals surface area contributed by atoms with E-state index in [1.165, 1.54) is 11.9 Å². The second-order valence-corrected chi connectivity index (χ2v) is 3.74. The number of nitrogens with two attached hydrogens (primary N) is 1. The third-order valence-electron chi connectivity index (χ3n) is 2.09. The van der Waals surface area contributed by atoms with Crippen molar-refractivity contribution in [3.63, 3.8) is 0 Å². The average Bonchev–Trinajstić information content (AvgIpc) is 2.17. The van der Waals surface area contributed by atoms with Crippen LogP contribution in [0, 0.1) is 0 Å². The van der Waals surface area contributed by atoms with Crippen LogP contribution < -0.4 is 15.8 Å². The zero-order chi connectivity index (χ0) is 11.4. The van der Waals surface area contributed by atoms with E-state index < -0.39 is 0 Å². The van der Waals surface area contributed by atoms with Gasteiger partial charge in [0, 0.05) is 19.8 Å². The molecule has 0 bridgehead atoms. The van der Waals surface area contributed by atoms with E-state index in [0.717, 1.165) is 11.4 Å².